The summed E-state index contributed by atoms with van der Waals surface area (Å²) in [6.07, 6.45) is 2.02. The van der Waals surface area contributed by atoms with E-state index in [1.54, 1.807) is 11.8 Å². The monoisotopic (exact) mass is 279 g/mol. The first-order valence-electron chi connectivity index (χ1n) is 6.88. The summed E-state index contributed by atoms with van der Waals surface area (Å²) in [7, 11) is 0. The van der Waals surface area contributed by atoms with Crippen molar-refractivity contribution in [2.24, 2.45) is 11.8 Å². The van der Waals surface area contributed by atoms with Crippen molar-refractivity contribution in [3.05, 3.63) is 29.8 Å². The van der Waals surface area contributed by atoms with Gasteiger partial charge >= 0.3 is 0 Å². The Morgan fingerprint density at radius 2 is 1.63 bits per heavy atom. The molecule has 1 aromatic rings. The first kappa shape index (κ1) is 16.1. The van der Waals surface area contributed by atoms with Crippen molar-refractivity contribution in [2.75, 3.05) is 19.3 Å². The molecule has 0 aliphatic carbocycles. The molecule has 0 N–H and O–H groups in total. The summed E-state index contributed by atoms with van der Waals surface area (Å²) in [6, 6.07) is 7.87. The van der Waals surface area contributed by atoms with Crippen LogP contribution in [0.4, 0.5) is 0 Å². The maximum Gasteiger partial charge on any atom is 0.255 e. The van der Waals surface area contributed by atoms with Crippen molar-refractivity contribution in [3.63, 3.8) is 0 Å². The van der Waals surface area contributed by atoms with Crippen LogP contribution in [-0.2, 0) is 0 Å². The van der Waals surface area contributed by atoms with E-state index in [9.17, 15) is 4.79 Å². The van der Waals surface area contributed by atoms with Crippen molar-refractivity contribution in [1.82, 2.24) is 4.90 Å². The molecule has 0 aromatic heterocycles. The zero-order valence-electron chi connectivity index (χ0n) is 12.6. The highest BCUT2D eigenvalue weighted by atomic mass is 32.2. The second kappa shape index (κ2) is 7.59. The highest BCUT2D eigenvalue weighted by Crippen LogP contribution is 2.22. The van der Waals surface area contributed by atoms with Gasteiger partial charge in [-0.2, -0.15) is 0 Å². The van der Waals surface area contributed by atoms with E-state index in [4.69, 9.17) is 0 Å². The molecule has 1 rings (SSSR count). The van der Waals surface area contributed by atoms with Gasteiger partial charge < -0.3 is 4.90 Å². The molecule has 1 aromatic carbocycles. The minimum atomic E-state index is 0.160. The van der Waals surface area contributed by atoms with Crippen molar-refractivity contribution in [3.8, 4) is 0 Å². The third-order valence-electron chi connectivity index (χ3n) is 2.80. The number of benzene rings is 1. The van der Waals surface area contributed by atoms with Crippen LogP contribution in [0.5, 0.6) is 0 Å². The third kappa shape index (κ3) is 4.90. The van der Waals surface area contributed by atoms with E-state index in [2.05, 4.69) is 27.7 Å². The van der Waals surface area contributed by atoms with Crippen LogP contribution in [0.3, 0.4) is 0 Å². The van der Waals surface area contributed by atoms with Gasteiger partial charge in [0, 0.05) is 18.0 Å². The van der Waals surface area contributed by atoms with Gasteiger partial charge in [0.05, 0.1) is 5.56 Å². The van der Waals surface area contributed by atoms with Crippen LogP contribution < -0.4 is 0 Å². The van der Waals surface area contributed by atoms with Crippen LogP contribution in [0.2, 0.25) is 0 Å². The van der Waals surface area contributed by atoms with Gasteiger partial charge in [-0.25, -0.2) is 0 Å². The predicted octanol–water partition coefficient (Wildman–Crippen LogP) is 4.16. The Labute approximate surface area is 121 Å². The summed E-state index contributed by atoms with van der Waals surface area (Å²) in [5, 5.41) is 0. The van der Waals surface area contributed by atoms with Crippen molar-refractivity contribution in [2.45, 2.75) is 32.6 Å². The van der Waals surface area contributed by atoms with E-state index >= 15 is 0 Å². The van der Waals surface area contributed by atoms with Gasteiger partial charge in [-0.3, -0.25) is 4.79 Å². The van der Waals surface area contributed by atoms with Crippen LogP contribution in [0.1, 0.15) is 38.1 Å². The molecule has 0 spiro atoms. The van der Waals surface area contributed by atoms with Gasteiger partial charge in [-0.05, 0) is 30.2 Å². The summed E-state index contributed by atoms with van der Waals surface area (Å²) in [5.41, 5.74) is 0.830. The topological polar surface area (TPSA) is 20.3 Å². The molecule has 19 heavy (non-hydrogen) atoms. The Kier molecular flexibility index (Phi) is 6.43. The number of rotatable bonds is 6. The predicted molar refractivity (Wildman–Crippen MR) is 83.8 cm³/mol. The first-order valence-corrected chi connectivity index (χ1v) is 8.10. The molecule has 0 aliphatic heterocycles. The summed E-state index contributed by atoms with van der Waals surface area (Å²) >= 11 is 1.63. The zero-order valence-corrected chi connectivity index (χ0v) is 13.5. The van der Waals surface area contributed by atoms with Gasteiger partial charge in [-0.15, -0.1) is 11.8 Å². The smallest absolute Gasteiger partial charge is 0.255 e. The van der Waals surface area contributed by atoms with Gasteiger partial charge in [0.2, 0.25) is 0 Å². The molecule has 0 atom stereocenters. The van der Waals surface area contributed by atoms with Crippen LogP contribution >= 0.6 is 11.8 Å². The lowest BCUT2D eigenvalue weighted by Crippen LogP contribution is -2.37. The minimum absolute atomic E-state index is 0.160. The van der Waals surface area contributed by atoms with E-state index < -0.39 is 0 Å². The molecule has 106 valence electrons. The zero-order chi connectivity index (χ0) is 14.4. The summed E-state index contributed by atoms with van der Waals surface area (Å²) in [6.45, 7) is 10.3. The maximum atomic E-state index is 12.7. The quantitative estimate of drug-likeness (QED) is 0.729. The molecule has 0 unspecified atom stereocenters. The van der Waals surface area contributed by atoms with Crippen LogP contribution in [0, 0.1) is 11.8 Å². The van der Waals surface area contributed by atoms with E-state index in [1.807, 2.05) is 35.4 Å². The molecule has 3 heteroatoms. The number of amides is 1. The largest absolute Gasteiger partial charge is 0.338 e. The molecule has 0 fully saturated rings. The van der Waals surface area contributed by atoms with Crippen molar-refractivity contribution < 1.29 is 4.79 Å². The SMILES string of the molecule is CSc1ccccc1C(=O)N(CC(C)C)CC(C)C. The lowest BCUT2D eigenvalue weighted by Gasteiger charge is -2.27. The molecular formula is C16H25NOS. The summed E-state index contributed by atoms with van der Waals surface area (Å²) < 4.78 is 0. The van der Waals surface area contributed by atoms with Crippen LogP contribution in [-0.4, -0.2) is 30.2 Å². The molecule has 1 amide bonds. The van der Waals surface area contributed by atoms with Crippen LogP contribution in [0.15, 0.2) is 29.2 Å². The van der Waals surface area contributed by atoms with Crippen molar-refractivity contribution >= 4 is 17.7 Å². The van der Waals surface area contributed by atoms with Crippen molar-refractivity contribution in [1.29, 1.82) is 0 Å². The third-order valence-corrected chi connectivity index (χ3v) is 3.59. The number of thioether (sulfide) groups is 1. The highest BCUT2D eigenvalue weighted by Gasteiger charge is 2.20. The number of carbonyl (C=O) groups is 1. The van der Waals surface area contributed by atoms with Gasteiger partial charge in [0.15, 0.2) is 0 Å². The number of hydrogen-bond donors (Lipinski definition) is 0. The molecule has 0 saturated carbocycles. The number of hydrogen-bond acceptors (Lipinski definition) is 2. The second-order valence-corrected chi connectivity index (χ2v) is 6.55. The molecule has 0 heterocycles. The highest BCUT2D eigenvalue weighted by molar-refractivity contribution is 7.98. The summed E-state index contributed by atoms with van der Waals surface area (Å²) in [5.74, 6) is 1.14. The minimum Gasteiger partial charge on any atom is -0.338 e. The van der Waals surface area contributed by atoms with E-state index in [1.165, 1.54) is 0 Å². The average Bonchev–Trinajstić information content (AvgIpc) is 2.36. The van der Waals surface area contributed by atoms with E-state index in [0.717, 1.165) is 23.5 Å². The Morgan fingerprint density at radius 3 is 2.11 bits per heavy atom. The van der Waals surface area contributed by atoms with Crippen LogP contribution in [0.25, 0.3) is 0 Å². The Hall–Kier alpha value is -0.960. The average molecular weight is 279 g/mol. The fourth-order valence-corrected chi connectivity index (χ4v) is 2.70. The van der Waals surface area contributed by atoms with Gasteiger partial charge in [-0.1, -0.05) is 39.8 Å². The van der Waals surface area contributed by atoms with E-state index in [0.29, 0.717) is 11.8 Å². The molecular weight excluding hydrogens is 254 g/mol. The lowest BCUT2D eigenvalue weighted by molar-refractivity contribution is 0.0711. The second-order valence-electron chi connectivity index (χ2n) is 5.70. The normalized spacial score (nSPS) is 11.1. The van der Waals surface area contributed by atoms with Gasteiger partial charge in [0.1, 0.15) is 0 Å². The number of carbonyl (C=O) groups excluding carboxylic acids is 1. The van der Waals surface area contributed by atoms with E-state index in [-0.39, 0.29) is 5.91 Å². The molecule has 0 radical (unpaired) electrons. The fourth-order valence-electron chi connectivity index (χ4n) is 2.11. The Morgan fingerprint density at radius 1 is 1.11 bits per heavy atom. The molecule has 0 bridgehead atoms. The Bertz CT molecular complexity index is 405. The van der Waals surface area contributed by atoms with Gasteiger partial charge in [0.25, 0.3) is 5.91 Å². The first-order chi connectivity index (χ1) is 8.95. The molecule has 2 nitrogen and oxygen atoms in total. The maximum absolute atomic E-state index is 12.7. The lowest BCUT2D eigenvalue weighted by atomic mass is 10.1. The fraction of sp³-hybridized carbons (Fsp3) is 0.562. The Balaban J connectivity index is 2.97. The summed E-state index contributed by atoms with van der Waals surface area (Å²) in [4.78, 5) is 15.8. The number of nitrogens with zero attached hydrogens (tertiary/aromatic N) is 1. The standard InChI is InChI=1S/C16H25NOS/c1-12(2)10-17(11-13(3)4)16(18)14-8-6-7-9-15(14)19-5/h6-9,12-13H,10-11H2,1-5H3. The molecule has 0 saturated heterocycles. The molecule has 0 aliphatic rings.